The molecule has 0 spiro atoms. The van der Waals surface area contributed by atoms with E-state index in [2.05, 4.69) is 10.4 Å². The first kappa shape index (κ1) is 13.3. The van der Waals surface area contributed by atoms with Crippen molar-refractivity contribution in [3.63, 3.8) is 0 Å². The van der Waals surface area contributed by atoms with Gasteiger partial charge in [-0.15, -0.1) is 0 Å². The number of aryl methyl sites for hydroxylation is 1. The molecule has 0 bridgehead atoms. The highest BCUT2D eigenvalue weighted by atomic mass is 32.1. The Kier molecular flexibility index (Phi) is 3.84. The van der Waals surface area contributed by atoms with Gasteiger partial charge >= 0.3 is 0 Å². The molecule has 5 nitrogen and oxygen atoms in total. The molecule has 1 saturated heterocycles. The molecule has 3 rings (SSSR count). The Balaban J connectivity index is 1.76. The summed E-state index contributed by atoms with van der Waals surface area (Å²) in [7, 11) is 1.90. The molecule has 1 fully saturated rings. The fraction of sp³-hybridized carbons (Fsp3) is 0.429. The molecular weight excluding hydrogens is 272 g/mol. The highest BCUT2D eigenvalue weighted by Gasteiger charge is 2.28. The van der Waals surface area contributed by atoms with Crippen LogP contribution in [-0.2, 0) is 18.3 Å². The van der Waals surface area contributed by atoms with E-state index in [4.69, 9.17) is 0 Å². The normalized spacial score (nSPS) is 19.2. The van der Waals surface area contributed by atoms with Gasteiger partial charge in [0.25, 0.3) is 0 Å². The Morgan fingerprint density at radius 2 is 2.50 bits per heavy atom. The van der Waals surface area contributed by atoms with E-state index in [-0.39, 0.29) is 11.9 Å². The zero-order chi connectivity index (χ0) is 13.9. The van der Waals surface area contributed by atoms with E-state index in [1.807, 2.05) is 41.2 Å². The summed E-state index contributed by atoms with van der Waals surface area (Å²) in [6.45, 7) is 2.40. The molecule has 6 heteroatoms. The molecule has 3 heterocycles. The van der Waals surface area contributed by atoms with Gasteiger partial charge in [0.05, 0.1) is 18.7 Å². The minimum Gasteiger partial charge on any atom is -0.333 e. The van der Waals surface area contributed by atoms with Crippen LogP contribution >= 0.6 is 11.3 Å². The second kappa shape index (κ2) is 5.76. The first-order valence-electron chi connectivity index (χ1n) is 6.74. The van der Waals surface area contributed by atoms with Crippen LogP contribution in [0, 0.1) is 0 Å². The van der Waals surface area contributed by atoms with Crippen molar-refractivity contribution in [1.82, 2.24) is 20.0 Å². The number of aromatic nitrogens is 2. The summed E-state index contributed by atoms with van der Waals surface area (Å²) in [5, 5.41) is 11.6. The smallest absolute Gasteiger partial charge is 0.227 e. The zero-order valence-electron chi connectivity index (χ0n) is 11.5. The van der Waals surface area contributed by atoms with E-state index in [0.29, 0.717) is 6.42 Å². The number of thiophene rings is 1. The summed E-state index contributed by atoms with van der Waals surface area (Å²) < 4.78 is 1.78. The Labute approximate surface area is 122 Å². The molecule has 0 radical (unpaired) electrons. The Morgan fingerprint density at radius 1 is 1.60 bits per heavy atom. The summed E-state index contributed by atoms with van der Waals surface area (Å²) in [5.41, 5.74) is 2.20. The van der Waals surface area contributed by atoms with E-state index in [1.165, 1.54) is 0 Å². The fourth-order valence-corrected chi connectivity index (χ4v) is 3.25. The van der Waals surface area contributed by atoms with Crippen LogP contribution < -0.4 is 5.32 Å². The van der Waals surface area contributed by atoms with E-state index >= 15 is 0 Å². The lowest BCUT2D eigenvalue weighted by atomic mass is 10.1. The van der Waals surface area contributed by atoms with E-state index in [9.17, 15) is 4.79 Å². The molecule has 0 aliphatic carbocycles. The molecule has 1 N–H and O–H groups in total. The number of nitrogens with one attached hydrogen (secondary N) is 1. The van der Waals surface area contributed by atoms with Crippen molar-refractivity contribution in [3.8, 4) is 0 Å². The van der Waals surface area contributed by atoms with Gasteiger partial charge in [-0.2, -0.15) is 16.4 Å². The van der Waals surface area contributed by atoms with Gasteiger partial charge in [0.15, 0.2) is 0 Å². The van der Waals surface area contributed by atoms with Crippen molar-refractivity contribution in [2.45, 2.75) is 12.5 Å². The van der Waals surface area contributed by atoms with Gasteiger partial charge in [-0.1, -0.05) is 0 Å². The molecule has 1 aliphatic heterocycles. The predicted octanol–water partition coefficient (Wildman–Crippen LogP) is 1.20. The van der Waals surface area contributed by atoms with Gasteiger partial charge in [0.2, 0.25) is 5.91 Å². The van der Waals surface area contributed by atoms with Crippen LogP contribution in [-0.4, -0.2) is 40.2 Å². The molecule has 106 valence electrons. The van der Waals surface area contributed by atoms with E-state index in [1.54, 1.807) is 16.0 Å². The molecule has 0 saturated carbocycles. The van der Waals surface area contributed by atoms with Crippen molar-refractivity contribution < 1.29 is 4.79 Å². The van der Waals surface area contributed by atoms with Gasteiger partial charge < -0.3 is 10.2 Å². The van der Waals surface area contributed by atoms with Crippen LogP contribution in [0.15, 0.2) is 29.2 Å². The average Bonchev–Trinajstić information content (AvgIpc) is 3.10. The topological polar surface area (TPSA) is 50.2 Å². The minimum atomic E-state index is 0.0867. The van der Waals surface area contributed by atoms with Crippen LogP contribution in [0.3, 0.4) is 0 Å². The van der Waals surface area contributed by atoms with E-state index < -0.39 is 0 Å². The van der Waals surface area contributed by atoms with Crippen molar-refractivity contribution >= 4 is 17.2 Å². The standard InChI is InChI=1S/C14H18N4OS/c1-17-9-12(7-16-17)13-8-15-3-4-18(13)14(19)6-11-2-5-20-10-11/h2,5,7,9-10,13,15H,3-4,6,8H2,1H3/t13-/m0/s1. The molecule has 2 aromatic heterocycles. The van der Waals surface area contributed by atoms with Gasteiger partial charge in [-0.3, -0.25) is 9.48 Å². The van der Waals surface area contributed by atoms with Crippen LogP contribution in [0.25, 0.3) is 0 Å². The highest BCUT2D eigenvalue weighted by molar-refractivity contribution is 7.07. The number of piperazine rings is 1. The highest BCUT2D eigenvalue weighted by Crippen LogP contribution is 2.23. The molecule has 1 atom stereocenters. The van der Waals surface area contributed by atoms with Crippen LogP contribution in [0.5, 0.6) is 0 Å². The number of hydrogen-bond donors (Lipinski definition) is 1. The fourth-order valence-electron chi connectivity index (χ4n) is 2.58. The quantitative estimate of drug-likeness (QED) is 0.924. The zero-order valence-corrected chi connectivity index (χ0v) is 12.3. The van der Waals surface area contributed by atoms with Crippen molar-refractivity contribution in [3.05, 3.63) is 40.3 Å². The molecule has 20 heavy (non-hydrogen) atoms. The van der Waals surface area contributed by atoms with Crippen molar-refractivity contribution in [1.29, 1.82) is 0 Å². The largest absolute Gasteiger partial charge is 0.333 e. The lowest BCUT2D eigenvalue weighted by Crippen LogP contribution is -2.49. The van der Waals surface area contributed by atoms with Crippen LogP contribution in [0.1, 0.15) is 17.2 Å². The summed E-state index contributed by atoms with van der Waals surface area (Å²) in [6.07, 6.45) is 4.32. The van der Waals surface area contributed by atoms with Crippen molar-refractivity contribution in [2.75, 3.05) is 19.6 Å². The maximum absolute atomic E-state index is 12.5. The number of carbonyl (C=O) groups excluding carboxylic acids is 1. The molecule has 1 aliphatic rings. The van der Waals surface area contributed by atoms with Crippen molar-refractivity contribution in [2.24, 2.45) is 7.05 Å². The van der Waals surface area contributed by atoms with Crippen LogP contribution in [0.2, 0.25) is 0 Å². The Bertz CT molecular complexity index is 578. The SMILES string of the molecule is Cn1cc([C@@H]2CNCCN2C(=O)Cc2ccsc2)cn1. The number of amides is 1. The number of nitrogens with zero attached hydrogens (tertiary/aromatic N) is 3. The predicted molar refractivity (Wildman–Crippen MR) is 78.6 cm³/mol. The summed E-state index contributed by atoms with van der Waals surface area (Å²) >= 11 is 1.63. The Morgan fingerprint density at radius 3 is 3.20 bits per heavy atom. The third-order valence-corrected chi connectivity index (χ3v) is 4.34. The monoisotopic (exact) mass is 290 g/mol. The Hall–Kier alpha value is -1.66. The third kappa shape index (κ3) is 2.76. The third-order valence-electron chi connectivity index (χ3n) is 3.61. The molecule has 0 aromatic carbocycles. The van der Waals surface area contributed by atoms with Gasteiger partial charge in [0, 0.05) is 38.4 Å². The minimum absolute atomic E-state index is 0.0867. The number of rotatable bonds is 3. The summed E-state index contributed by atoms with van der Waals surface area (Å²) in [4.78, 5) is 14.5. The summed E-state index contributed by atoms with van der Waals surface area (Å²) in [5.74, 6) is 0.193. The van der Waals surface area contributed by atoms with Crippen LogP contribution in [0.4, 0.5) is 0 Å². The second-order valence-corrected chi connectivity index (χ2v) is 5.84. The second-order valence-electron chi connectivity index (χ2n) is 5.06. The number of carbonyl (C=O) groups is 1. The number of hydrogen-bond acceptors (Lipinski definition) is 4. The first-order chi connectivity index (χ1) is 9.74. The van der Waals surface area contributed by atoms with Gasteiger partial charge in [-0.25, -0.2) is 0 Å². The first-order valence-corrected chi connectivity index (χ1v) is 7.68. The molecule has 0 unspecified atom stereocenters. The van der Waals surface area contributed by atoms with Gasteiger partial charge in [0.1, 0.15) is 0 Å². The maximum Gasteiger partial charge on any atom is 0.227 e. The van der Waals surface area contributed by atoms with E-state index in [0.717, 1.165) is 30.8 Å². The molecular formula is C14H18N4OS. The lowest BCUT2D eigenvalue weighted by molar-refractivity contribution is -0.133. The van der Waals surface area contributed by atoms with Gasteiger partial charge in [-0.05, 0) is 22.4 Å². The molecule has 2 aromatic rings. The maximum atomic E-state index is 12.5. The molecule has 1 amide bonds. The lowest BCUT2D eigenvalue weighted by Gasteiger charge is -2.35. The average molecular weight is 290 g/mol. The summed E-state index contributed by atoms with van der Waals surface area (Å²) in [6, 6.07) is 2.10.